The lowest BCUT2D eigenvalue weighted by atomic mass is 10.1. The summed E-state index contributed by atoms with van der Waals surface area (Å²) in [6.45, 7) is 4.27. The van der Waals surface area contributed by atoms with Gasteiger partial charge in [0.1, 0.15) is 28.4 Å². The molecule has 0 aliphatic rings. The highest BCUT2D eigenvalue weighted by molar-refractivity contribution is 7.20. The van der Waals surface area contributed by atoms with Crippen molar-refractivity contribution in [2.45, 2.75) is 20.5 Å². The van der Waals surface area contributed by atoms with Crippen LogP contribution in [0.2, 0.25) is 5.02 Å². The van der Waals surface area contributed by atoms with Gasteiger partial charge in [0.05, 0.1) is 17.5 Å². The first-order chi connectivity index (χ1) is 15.9. The van der Waals surface area contributed by atoms with Gasteiger partial charge >= 0.3 is 5.97 Å². The van der Waals surface area contributed by atoms with Crippen molar-refractivity contribution in [2.75, 3.05) is 7.11 Å². The Morgan fingerprint density at radius 2 is 1.94 bits per heavy atom. The number of benzene rings is 2. The monoisotopic (exact) mass is 478 g/mol. The minimum Gasteiger partial charge on any atom is -0.487 e. The molecule has 0 aliphatic heterocycles. The molecule has 9 heteroatoms. The lowest BCUT2D eigenvalue weighted by molar-refractivity contribution is 0.0605. The molecule has 0 amide bonds. The van der Waals surface area contributed by atoms with Crippen LogP contribution in [-0.2, 0) is 11.3 Å². The van der Waals surface area contributed by atoms with Gasteiger partial charge in [-0.1, -0.05) is 41.9 Å². The Balaban J connectivity index is 1.43. The van der Waals surface area contributed by atoms with Crippen molar-refractivity contribution in [2.24, 2.45) is 0 Å². The molecule has 0 saturated heterocycles. The van der Waals surface area contributed by atoms with Crippen LogP contribution in [0.15, 0.2) is 48.8 Å². The van der Waals surface area contributed by atoms with Crippen molar-refractivity contribution >= 4 is 44.8 Å². The molecule has 0 atom stereocenters. The summed E-state index contributed by atoms with van der Waals surface area (Å²) in [6.07, 6.45) is 1.61. The van der Waals surface area contributed by atoms with E-state index in [9.17, 15) is 4.79 Å². The zero-order chi connectivity index (χ0) is 23.1. The number of nitrogens with zero attached hydrogens (tertiary/aromatic N) is 4. The fourth-order valence-corrected chi connectivity index (χ4v) is 4.81. The van der Waals surface area contributed by atoms with Gasteiger partial charge in [-0.2, -0.15) is 0 Å². The number of ether oxygens (including phenoxy) is 2. The maximum absolute atomic E-state index is 12.1. The second-order valence-corrected chi connectivity index (χ2v) is 9.00. The van der Waals surface area contributed by atoms with Gasteiger partial charge in [0, 0.05) is 5.56 Å². The predicted molar refractivity (Wildman–Crippen MR) is 128 cm³/mol. The van der Waals surface area contributed by atoms with E-state index in [1.165, 1.54) is 18.4 Å². The van der Waals surface area contributed by atoms with Crippen LogP contribution in [0.25, 0.3) is 27.3 Å². The van der Waals surface area contributed by atoms with Gasteiger partial charge in [-0.05, 0) is 42.7 Å². The van der Waals surface area contributed by atoms with Crippen LogP contribution in [-0.4, -0.2) is 32.7 Å². The first kappa shape index (κ1) is 21.4. The maximum atomic E-state index is 12.1. The van der Waals surface area contributed by atoms with Crippen LogP contribution < -0.4 is 4.74 Å². The zero-order valence-corrected chi connectivity index (χ0v) is 19.7. The summed E-state index contributed by atoms with van der Waals surface area (Å²) >= 11 is 7.51. The molecule has 33 heavy (non-hydrogen) atoms. The van der Waals surface area contributed by atoms with Crippen molar-refractivity contribution in [1.82, 2.24) is 19.6 Å². The number of carbonyl (C=O) groups is 1. The number of aromatic nitrogens is 4. The summed E-state index contributed by atoms with van der Waals surface area (Å²) in [5, 5.41) is 5.97. The first-order valence-electron chi connectivity index (χ1n) is 10.2. The molecule has 0 aliphatic carbocycles. The van der Waals surface area contributed by atoms with E-state index in [-0.39, 0.29) is 5.97 Å². The van der Waals surface area contributed by atoms with Gasteiger partial charge in [-0.3, -0.25) is 0 Å². The highest BCUT2D eigenvalue weighted by Crippen LogP contribution is 2.33. The van der Waals surface area contributed by atoms with E-state index in [2.05, 4.69) is 10.1 Å². The van der Waals surface area contributed by atoms with E-state index < -0.39 is 0 Å². The first-order valence-corrected chi connectivity index (χ1v) is 11.3. The Kier molecular flexibility index (Phi) is 5.47. The number of rotatable bonds is 5. The summed E-state index contributed by atoms with van der Waals surface area (Å²) in [7, 11) is 1.37. The van der Waals surface area contributed by atoms with Crippen LogP contribution in [0.5, 0.6) is 5.75 Å². The molecule has 0 N–H and O–H groups in total. The largest absolute Gasteiger partial charge is 0.487 e. The number of thiophene rings is 1. The number of esters is 1. The topological polar surface area (TPSA) is 78.6 Å². The Bertz CT molecular complexity index is 1510. The molecule has 166 valence electrons. The minimum atomic E-state index is -0.377. The lowest BCUT2D eigenvalue weighted by Crippen LogP contribution is -1.99. The molecular weight excluding hydrogens is 460 g/mol. The molecule has 0 bridgehead atoms. The number of hydrogen-bond donors (Lipinski definition) is 0. The van der Waals surface area contributed by atoms with Gasteiger partial charge in [0.15, 0.2) is 11.5 Å². The number of hydrogen-bond acceptors (Lipinski definition) is 7. The van der Waals surface area contributed by atoms with Crippen LogP contribution in [0, 0.1) is 13.8 Å². The Morgan fingerprint density at radius 1 is 1.15 bits per heavy atom. The second-order valence-electron chi connectivity index (χ2n) is 7.60. The van der Waals surface area contributed by atoms with Crippen LogP contribution >= 0.6 is 22.9 Å². The van der Waals surface area contributed by atoms with Crippen LogP contribution in [0.1, 0.15) is 26.4 Å². The summed E-state index contributed by atoms with van der Waals surface area (Å²) < 4.78 is 12.4. The molecule has 2 aromatic carbocycles. The quantitative estimate of drug-likeness (QED) is 0.304. The molecule has 7 nitrogen and oxygen atoms in total. The third-order valence-corrected chi connectivity index (χ3v) is 6.82. The third-order valence-electron chi connectivity index (χ3n) is 5.33. The number of carbonyl (C=O) groups excluding carboxylic acids is 1. The van der Waals surface area contributed by atoms with Crippen molar-refractivity contribution in [3.05, 3.63) is 75.4 Å². The standard InChI is InChI=1S/C24H19ClN4O3S/c1-13-4-9-17(25)18(10-13)32-11-15-5-7-16(8-6-15)21-27-22-19-14(2)20(24(30)31-3)33-23(19)26-12-29(22)28-21/h4-10,12H,11H2,1-3H3. The average Bonchev–Trinajstić information content (AvgIpc) is 3.40. The number of aryl methyl sites for hydroxylation is 2. The highest BCUT2D eigenvalue weighted by atomic mass is 35.5. The molecule has 0 spiro atoms. The van der Waals surface area contributed by atoms with Gasteiger partial charge in [-0.15, -0.1) is 16.4 Å². The molecule has 3 aromatic heterocycles. The van der Waals surface area contributed by atoms with Crippen LogP contribution in [0.4, 0.5) is 0 Å². The fraction of sp³-hybridized carbons (Fsp3) is 0.167. The van der Waals surface area contributed by atoms with Crippen LogP contribution in [0.3, 0.4) is 0 Å². The second kappa shape index (κ2) is 8.46. The van der Waals surface area contributed by atoms with Gasteiger partial charge in [0.25, 0.3) is 0 Å². The van der Waals surface area contributed by atoms with E-state index in [1.54, 1.807) is 10.8 Å². The van der Waals surface area contributed by atoms with E-state index in [4.69, 9.17) is 26.1 Å². The molecule has 0 radical (unpaired) electrons. The molecule has 0 saturated carbocycles. The number of fused-ring (bicyclic) bond motifs is 3. The van der Waals surface area contributed by atoms with E-state index in [0.29, 0.717) is 33.7 Å². The van der Waals surface area contributed by atoms with Crippen molar-refractivity contribution < 1.29 is 14.3 Å². The van der Waals surface area contributed by atoms with Crippen molar-refractivity contribution in [3.63, 3.8) is 0 Å². The minimum absolute atomic E-state index is 0.377. The normalized spacial score (nSPS) is 11.3. The Hall–Kier alpha value is -3.49. The Labute approximate surface area is 198 Å². The highest BCUT2D eigenvalue weighted by Gasteiger charge is 2.20. The molecule has 0 fully saturated rings. The molecule has 5 aromatic rings. The molecule has 3 heterocycles. The number of halogens is 1. The summed E-state index contributed by atoms with van der Waals surface area (Å²) in [6, 6.07) is 13.6. The SMILES string of the molecule is COC(=O)c1sc2ncn3nc(-c4ccc(COc5cc(C)ccc5Cl)cc4)nc3c2c1C. The van der Waals surface area contributed by atoms with Crippen molar-refractivity contribution in [3.8, 4) is 17.1 Å². The third kappa shape index (κ3) is 3.92. The molecule has 5 rings (SSSR count). The lowest BCUT2D eigenvalue weighted by Gasteiger charge is -2.09. The smallest absolute Gasteiger partial charge is 0.348 e. The zero-order valence-electron chi connectivity index (χ0n) is 18.1. The molecule has 0 unspecified atom stereocenters. The average molecular weight is 479 g/mol. The van der Waals surface area contributed by atoms with Gasteiger partial charge in [0.2, 0.25) is 0 Å². The Morgan fingerprint density at radius 3 is 2.70 bits per heavy atom. The van der Waals surface area contributed by atoms with Crippen molar-refractivity contribution in [1.29, 1.82) is 0 Å². The fourth-order valence-electron chi connectivity index (χ4n) is 3.58. The molecular formula is C24H19ClN4O3S. The van der Waals surface area contributed by atoms with E-state index in [1.807, 2.05) is 56.3 Å². The van der Waals surface area contributed by atoms with E-state index in [0.717, 1.165) is 32.5 Å². The maximum Gasteiger partial charge on any atom is 0.348 e. The summed E-state index contributed by atoms with van der Waals surface area (Å²) in [4.78, 5) is 22.5. The summed E-state index contributed by atoms with van der Waals surface area (Å²) in [5.74, 6) is 0.860. The van der Waals surface area contributed by atoms with Gasteiger partial charge < -0.3 is 9.47 Å². The van der Waals surface area contributed by atoms with Gasteiger partial charge in [-0.25, -0.2) is 19.3 Å². The predicted octanol–water partition coefficient (Wildman–Crippen LogP) is 5.64. The van der Waals surface area contributed by atoms with E-state index >= 15 is 0 Å². The summed E-state index contributed by atoms with van der Waals surface area (Å²) in [5.41, 5.74) is 4.40. The number of methoxy groups -OCH3 is 1.